The molecule has 0 aromatic heterocycles. The van der Waals surface area contributed by atoms with Gasteiger partial charge < -0.3 is 19.5 Å². The first-order valence-electron chi connectivity index (χ1n) is 6.71. The van der Waals surface area contributed by atoms with Crippen molar-refractivity contribution < 1.29 is 14.2 Å². The quantitative estimate of drug-likeness (QED) is 0.619. The molecule has 20 heavy (non-hydrogen) atoms. The fourth-order valence-electron chi connectivity index (χ4n) is 1.59. The van der Waals surface area contributed by atoms with Gasteiger partial charge in [-0.05, 0) is 17.7 Å². The number of benzene rings is 1. The highest BCUT2D eigenvalue weighted by atomic mass is 16.5. The van der Waals surface area contributed by atoms with Crippen LogP contribution >= 0.6 is 0 Å². The number of nitrogens with zero attached hydrogens (tertiary/aromatic N) is 1. The molecular weight excluding hydrogens is 256 g/mol. The van der Waals surface area contributed by atoms with Gasteiger partial charge in [-0.25, -0.2) is 0 Å². The van der Waals surface area contributed by atoms with Crippen molar-refractivity contribution in [3.63, 3.8) is 0 Å². The van der Waals surface area contributed by atoms with Crippen LogP contribution in [0.1, 0.15) is 11.1 Å². The van der Waals surface area contributed by atoms with E-state index in [-0.39, 0.29) is 0 Å². The van der Waals surface area contributed by atoms with E-state index in [2.05, 4.69) is 11.4 Å². The minimum atomic E-state index is 0.591. The van der Waals surface area contributed by atoms with Crippen LogP contribution in [0.15, 0.2) is 24.3 Å². The molecule has 1 aromatic rings. The Morgan fingerprint density at radius 2 is 1.85 bits per heavy atom. The van der Waals surface area contributed by atoms with Crippen molar-refractivity contribution in [2.24, 2.45) is 0 Å². The Balaban J connectivity index is 1.95. The van der Waals surface area contributed by atoms with Crippen LogP contribution in [0, 0.1) is 11.3 Å². The van der Waals surface area contributed by atoms with Gasteiger partial charge in [0.1, 0.15) is 0 Å². The standard InChI is InChI=1S/C15H22N2O3/c1-18-7-8-20-10-9-19-6-5-17-13-15-4-2-3-14(11-15)12-16/h2-4,11,17H,5-10,13H2,1H3. The van der Waals surface area contributed by atoms with E-state index < -0.39 is 0 Å². The van der Waals surface area contributed by atoms with Crippen molar-refractivity contribution in [1.29, 1.82) is 5.26 Å². The zero-order valence-corrected chi connectivity index (χ0v) is 11.9. The Kier molecular flexibility index (Phi) is 9.45. The maximum absolute atomic E-state index is 8.80. The molecule has 0 radical (unpaired) electrons. The molecular formula is C15H22N2O3. The number of nitriles is 1. The van der Waals surface area contributed by atoms with Gasteiger partial charge >= 0.3 is 0 Å². The Labute approximate surface area is 120 Å². The molecule has 0 aliphatic heterocycles. The summed E-state index contributed by atoms with van der Waals surface area (Å²) in [6.07, 6.45) is 0. The first kappa shape index (κ1) is 16.6. The van der Waals surface area contributed by atoms with Crippen molar-refractivity contribution in [2.75, 3.05) is 46.7 Å². The molecule has 0 saturated heterocycles. The van der Waals surface area contributed by atoms with Crippen LogP contribution < -0.4 is 5.32 Å². The molecule has 1 N–H and O–H groups in total. The molecule has 0 amide bonds. The van der Waals surface area contributed by atoms with E-state index in [9.17, 15) is 0 Å². The summed E-state index contributed by atoms with van der Waals surface area (Å²) >= 11 is 0. The van der Waals surface area contributed by atoms with Gasteiger partial charge in [0.2, 0.25) is 0 Å². The monoisotopic (exact) mass is 278 g/mol. The Bertz CT molecular complexity index is 404. The molecule has 0 atom stereocenters. The summed E-state index contributed by atoms with van der Waals surface area (Å²) in [6, 6.07) is 9.71. The molecule has 0 saturated carbocycles. The lowest BCUT2D eigenvalue weighted by atomic mass is 10.1. The fraction of sp³-hybridized carbons (Fsp3) is 0.533. The van der Waals surface area contributed by atoms with Gasteiger partial charge in [-0.3, -0.25) is 0 Å². The summed E-state index contributed by atoms with van der Waals surface area (Å²) in [4.78, 5) is 0. The molecule has 5 heteroatoms. The molecule has 0 bridgehead atoms. The van der Waals surface area contributed by atoms with E-state index in [0.29, 0.717) is 38.6 Å². The lowest BCUT2D eigenvalue weighted by Crippen LogP contribution is -2.20. The fourth-order valence-corrected chi connectivity index (χ4v) is 1.59. The average molecular weight is 278 g/mol. The van der Waals surface area contributed by atoms with E-state index in [0.717, 1.165) is 18.7 Å². The van der Waals surface area contributed by atoms with Crippen LogP contribution in [0.4, 0.5) is 0 Å². The molecule has 0 unspecified atom stereocenters. The Morgan fingerprint density at radius 1 is 1.10 bits per heavy atom. The Hall–Kier alpha value is -1.45. The second-order valence-corrected chi connectivity index (χ2v) is 4.21. The van der Waals surface area contributed by atoms with E-state index >= 15 is 0 Å². The van der Waals surface area contributed by atoms with Crippen LogP contribution in [-0.2, 0) is 20.8 Å². The van der Waals surface area contributed by atoms with Crippen LogP contribution in [0.2, 0.25) is 0 Å². The third-order valence-electron chi connectivity index (χ3n) is 2.61. The summed E-state index contributed by atoms with van der Waals surface area (Å²) in [6.45, 7) is 4.56. The summed E-state index contributed by atoms with van der Waals surface area (Å²) in [7, 11) is 1.65. The molecule has 0 aliphatic carbocycles. The number of methoxy groups -OCH3 is 1. The lowest BCUT2D eigenvalue weighted by Gasteiger charge is -2.07. The topological polar surface area (TPSA) is 63.5 Å². The maximum atomic E-state index is 8.80. The SMILES string of the molecule is COCCOCCOCCNCc1cccc(C#N)c1. The summed E-state index contributed by atoms with van der Waals surface area (Å²) in [5, 5.41) is 12.1. The van der Waals surface area contributed by atoms with Crippen molar-refractivity contribution in [1.82, 2.24) is 5.32 Å². The lowest BCUT2D eigenvalue weighted by molar-refractivity contribution is 0.0255. The predicted octanol–water partition coefficient (Wildman–Crippen LogP) is 1.33. The van der Waals surface area contributed by atoms with Gasteiger partial charge in [0.25, 0.3) is 0 Å². The largest absolute Gasteiger partial charge is 0.382 e. The van der Waals surface area contributed by atoms with Gasteiger partial charge in [0.15, 0.2) is 0 Å². The number of ether oxygens (including phenoxy) is 3. The highest BCUT2D eigenvalue weighted by Crippen LogP contribution is 2.03. The molecule has 0 spiro atoms. The highest BCUT2D eigenvalue weighted by Gasteiger charge is 1.95. The number of hydrogen-bond acceptors (Lipinski definition) is 5. The Morgan fingerprint density at radius 3 is 2.60 bits per heavy atom. The molecule has 0 heterocycles. The van der Waals surface area contributed by atoms with Gasteiger partial charge in [0, 0.05) is 20.2 Å². The van der Waals surface area contributed by atoms with E-state index in [4.69, 9.17) is 19.5 Å². The second-order valence-electron chi connectivity index (χ2n) is 4.21. The van der Waals surface area contributed by atoms with Crippen LogP contribution in [-0.4, -0.2) is 46.7 Å². The number of nitrogens with one attached hydrogen (secondary N) is 1. The predicted molar refractivity (Wildman–Crippen MR) is 76.4 cm³/mol. The molecule has 0 fully saturated rings. The minimum Gasteiger partial charge on any atom is -0.382 e. The summed E-state index contributed by atoms with van der Waals surface area (Å²) in [5.41, 5.74) is 1.79. The number of hydrogen-bond donors (Lipinski definition) is 1. The molecule has 1 rings (SSSR count). The van der Waals surface area contributed by atoms with Crippen molar-refractivity contribution >= 4 is 0 Å². The molecule has 5 nitrogen and oxygen atoms in total. The van der Waals surface area contributed by atoms with E-state index in [1.165, 1.54) is 0 Å². The second kappa shape index (κ2) is 11.4. The zero-order valence-electron chi connectivity index (χ0n) is 11.9. The third-order valence-corrected chi connectivity index (χ3v) is 2.61. The van der Waals surface area contributed by atoms with Gasteiger partial charge in [-0.2, -0.15) is 5.26 Å². The molecule has 1 aromatic carbocycles. The average Bonchev–Trinajstić information content (AvgIpc) is 2.49. The third kappa shape index (κ3) is 7.87. The maximum Gasteiger partial charge on any atom is 0.0991 e. The summed E-state index contributed by atoms with van der Waals surface area (Å²) in [5.74, 6) is 0. The van der Waals surface area contributed by atoms with Gasteiger partial charge in [-0.1, -0.05) is 12.1 Å². The van der Waals surface area contributed by atoms with Crippen molar-refractivity contribution in [2.45, 2.75) is 6.54 Å². The van der Waals surface area contributed by atoms with Crippen LogP contribution in [0.5, 0.6) is 0 Å². The van der Waals surface area contributed by atoms with E-state index in [1.807, 2.05) is 18.2 Å². The summed E-state index contributed by atoms with van der Waals surface area (Å²) < 4.78 is 15.6. The normalized spacial score (nSPS) is 10.4. The molecule has 0 aliphatic rings. The van der Waals surface area contributed by atoms with Crippen molar-refractivity contribution in [3.05, 3.63) is 35.4 Å². The van der Waals surface area contributed by atoms with Crippen LogP contribution in [0.3, 0.4) is 0 Å². The number of rotatable bonds is 11. The molecule has 110 valence electrons. The van der Waals surface area contributed by atoms with Gasteiger partial charge in [0.05, 0.1) is 44.7 Å². The first-order chi connectivity index (χ1) is 9.86. The van der Waals surface area contributed by atoms with Gasteiger partial charge in [-0.15, -0.1) is 0 Å². The van der Waals surface area contributed by atoms with E-state index in [1.54, 1.807) is 13.2 Å². The minimum absolute atomic E-state index is 0.591. The highest BCUT2D eigenvalue weighted by molar-refractivity contribution is 5.32. The smallest absolute Gasteiger partial charge is 0.0991 e. The first-order valence-corrected chi connectivity index (χ1v) is 6.71. The zero-order chi connectivity index (χ0) is 14.5. The van der Waals surface area contributed by atoms with Crippen LogP contribution in [0.25, 0.3) is 0 Å². The van der Waals surface area contributed by atoms with Crippen molar-refractivity contribution in [3.8, 4) is 6.07 Å².